The van der Waals surface area contributed by atoms with Crippen LogP contribution in [0.4, 0.5) is 4.39 Å². The molecule has 3 nitrogen and oxygen atoms in total. The molecule has 1 aliphatic rings. The van der Waals surface area contributed by atoms with Gasteiger partial charge >= 0.3 is 0 Å². The normalized spacial score (nSPS) is 16.4. The third-order valence-electron chi connectivity index (χ3n) is 5.21. The maximum atomic E-state index is 14.1. The smallest absolute Gasteiger partial charge is 0.191 e. The highest BCUT2D eigenvalue weighted by Gasteiger charge is 2.24. The Morgan fingerprint density at radius 2 is 2.21 bits per heavy atom. The van der Waals surface area contributed by atoms with Crippen LogP contribution in [-0.4, -0.2) is 14.8 Å². The molecule has 2 aromatic heterocycles. The van der Waals surface area contributed by atoms with Crippen molar-refractivity contribution in [2.45, 2.75) is 57.0 Å². The van der Waals surface area contributed by atoms with Gasteiger partial charge in [0.05, 0.1) is 0 Å². The quantitative estimate of drug-likeness (QED) is 0.407. The third kappa shape index (κ3) is 3.87. The highest BCUT2D eigenvalue weighted by atomic mass is 35.5. The number of thioether (sulfide) groups is 1. The number of hydrogen-bond donors (Lipinski definition) is 0. The maximum Gasteiger partial charge on any atom is 0.191 e. The number of aromatic nitrogens is 3. The molecule has 1 aliphatic carbocycles. The standard InChI is InChI=1S/C21H23ClFN3S2/c1-3-9-26-20(15-11-27-19-10-13(2)7-8-14(15)19)24-25-21(26)28-12-16-17(22)5-4-6-18(16)23/h4-6,11,13H,3,7-10,12H2,1-2H3/t13-/m1/s1. The Bertz CT molecular complexity index is 962. The van der Waals surface area contributed by atoms with Crippen molar-refractivity contribution >= 4 is 34.7 Å². The molecule has 0 saturated carbocycles. The lowest BCUT2D eigenvalue weighted by molar-refractivity contribution is 0.508. The van der Waals surface area contributed by atoms with Gasteiger partial charge in [-0.2, -0.15) is 0 Å². The van der Waals surface area contributed by atoms with Crippen LogP contribution in [0.3, 0.4) is 0 Å². The highest BCUT2D eigenvalue weighted by molar-refractivity contribution is 7.98. The fourth-order valence-corrected chi connectivity index (χ4v) is 6.24. The number of halogens is 2. The summed E-state index contributed by atoms with van der Waals surface area (Å²) in [5.41, 5.74) is 3.19. The van der Waals surface area contributed by atoms with Gasteiger partial charge in [0.25, 0.3) is 0 Å². The van der Waals surface area contributed by atoms with Gasteiger partial charge in [-0.1, -0.05) is 43.3 Å². The summed E-state index contributed by atoms with van der Waals surface area (Å²) in [5, 5.41) is 12.5. The number of thiophene rings is 1. The lowest BCUT2D eigenvalue weighted by Crippen LogP contribution is -2.10. The molecule has 0 amide bonds. The summed E-state index contributed by atoms with van der Waals surface area (Å²) in [6, 6.07) is 4.80. The summed E-state index contributed by atoms with van der Waals surface area (Å²) in [4.78, 5) is 1.49. The molecule has 7 heteroatoms. The molecule has 1 atom stereocenters. The molecule has 0 spiro atoms. The Hall–Kier alpha value is -1.37. The van der Waals surface area contributed by atoms with Gasteiger partial charge in [-0.05, 0) is 49.3 Å². The molecular formula is C21H23ClFN3S2. The van der Waals surface area contributed by atoms with Crippen molar-refractivity contribution in [3.8, 4) is 11.4 Å². The fraction of sp³-hybridized carbons (Fsp3) is 0.429. The van der Waals surface area contributed by atoms with Gasteiger partial charge in [0.15, 0.2) is 11.0 Å². The lowest BCUT2D eigenvalue weighted by atomic mass is 9.88. The van der Waals surface area contributed by atoms with Gasteiger partial charge < -0.3 is 4.57 Å². The summed E-state index contributed by atoms with van der Waals surface area (Å²) in [5.74, 6) is 1.86. The molecule has 0 saturated heterocycles. The molecule has 0 N–H and O–H groups in total. The van der Waals surface area contributed by atoms with Gasteiger partial charge in [-0.15, -0.1) is 21.5 Å². The molecule has 2 heterocycles. The van der Waals surface area contributed by atoms with E-state index in [-0.39, 0.29) is 5.82 Å². The van der Waals surface area contributed by atoms with Crippen molar-refractivity contribution in [1.82, 2.24) is 14.8 Å². The van der Waals surface area contributed by atoms with Gasteiger partial charge in [-0.3, -0.25) is 0 Å². The van der Waals surface area contributed by atoms with E-state index in [1.54, 1.807) is 12.1 Å². The van der Waals surface area contributed by atoms with E-state index in [2.05, 4.69) is 34.0 Å². The van der Waals surface area contributed by atoms with Crippen LogP contribution >= 0.6 is 34.7 Å². The summed E-state index contributed by atoms with van der Waals surface area (Å²) >= 11 is 9.52. The van der Waals surface area contributed by atoms with E-state index in [0.29, 0.717) is 16.3 Å². The largest absolute Gasteiger partial charge is 0.302 e. The zero-order valence-electron chi connectivity index (χ0n) is 16.0. The summed E-state index contributed by atoms with van der Waals surface area (Å²) < 4.78 is 16.3. The Kier molecular flexibility index (Phi) is 6.09. The van der Waals surface area contributed by atoms with Crippen LogP contribution in [0.2, 0.25) is 5.02 Å². The Balaban J connectivity index is 1.63. The first kappa shape index (κ1) is 19.9. The average Bonchev–Trinajstić information content (AvgIpc) is 3.25. The number of hydrogen-bond acceptors (Lipinski definition) is 4. The second kappa shape index (κ2) is 8.56. The molecule has 0 aliphatic heterocycles. The minimum Gasteiger partial charge on any atom is -0.302 e. The Labute approximate surface area is 178 Å². The molecule has 148 valence electrons. The predicted octanol–water partition coefficient (Wildman–Crippen LogP) is 6.63. The molecule has 28 heavy (non-hydrogen) atoms. The Morgan fingerprint density at radius 1 is 1.36 bits per heavy atom. The second-order valence-electron chi connectivity index (χ2n) is 7.35. The van der Waals surface area contributed by atoms with Crippen LogP contribution in [0.25, 0.3) is 11.4 Å². The van der Waals surface area contributed by atoms with Crippen LogP contribution in [0.1, 0.15) is 42.7 Å². The van der Waals surface area contributed by atoms with Gasteiger partial charge in [0, 0.05) is 38.7 Å². The summed E-state index contributed by atoms with van der Waals surface area (Å²) in [6.45, 7) is 5.32. The van der Waals surface area contributed by atoms with E-state index < -0.39 is 0 Å². The lowest BCUT2D eigenvalue weighted by Gasteiger charge is -2.19. The van der Waals surface area contributed by atoms with E-state index in [0.717, 1.165) is 42.7 Å². The van der Waals surface area contributed by atoms with Gasteiger partial charge in [-0.25, -0.2) is 4.39 Å². The number of fused-ring (bicyclic) bond motifs is 1. The maximum absolute atomic E-state index is 14.1. The molecular weight excluding hydrogens is 413 g/mol. The molecule has 4 rings (SSSR count). The molecule has 1 aromatic carbocycles. The number of rotatable bonds is 6. The third-order valence-corrected chi connectivity index (χ3v) is 7.61. The molecule has 0 radical (unpaired) electrons. The zero-order valence-corrected chi connectivity index (χ0v) is 18.4. The first-order chi connectivity index (χ1) is 13.6. The molecule has 0 bridgehead atoms. The van der Waals surface area contributed by atoms with E-state index in [1.807, 2.05) is 11.3 Å². The average molecular weight is 436 g/mol. The van der Waals surface area contributed by atoms with Crippen LogP contribution in [0, 0.1) is 11.7 Å². The van der Waals surface area contributed by atoms with Crippen molar-refractivity contribution < 1.29 is 4.39 Å². The van der Waals surface area contributed by atoms with Crippen LogP contribution in [0.5, 0.6) is 0 Å². The minimum atomic E-state index is -0.275. The van der Waals surface area contributed by atoms with Gasteiger partial charge in [0.1, 0.15) is 5.82 Å². The first-order valence-corrected chi connectivity index (χ1v) is 11.9. The topological polar surface area (TPSA) is 30.7 Å². The van der Waals surface area contributed by atoms with E-state index >= 15 is 0 Å². The predicted molar refractivity (Wildman–Crippen MR) is 116 cm³/mol. The van der Waals surface area contributed by atoms with Crippen LogP contribution in [0.15, 0.2) is 28.7 Å². The van der Waals surface area contributed by atoms with Crippen LogP contribution < -0.4 is 0 Å². The van der Waals surface area contributed by atoms with Crippen molar-refractivity contribution in [2.75, 3.05) is 0 Å². The monoisotopic (exact) mass is 435 g/mol. The molecule has 3 aromatic rings. The Morgan fingerprint density at radius 3 is 3.00 bits per heavy atom. The van der Waals surface area contributed by atoms with E-state index in [1.165, 1.54) is 40.3 Å². The minimum absolute atomic E-state index is 0.275. The van der Waals surface area contributed by atoms with E-state index in [4.69, 9.17) is 11.6 Å². The molecule has 0 unspecified atom stereocenters. The molecule has 0 fully saturated rings. The van der Waals surface area contributed by atoms with Crippen molar-refractivity contribution in [3.63, 3.8) is 0 Å². The highest BCUT2D eigenvalue weighted by Crippen LogP contribution is 2.39. The first-order valence-electron chi connectivity index (χ1n) is 9.67. The number of nitrogens with zero attached hydrogens (tertiary/aromatic N) is 3. The van der Waals surface area contributed by atoms with Crippen LogP contribution in [-0.2, 0) is 25.1 Å². The number of benzene rings is 1. The SMILES string of the molecule is CCCn1c(SCc2c(F)cccc2Cl)nnc1-c1csc2c1CC[C@@H](C)C2. The van der Waals surface area contributed by atoms with Gasteiger partial charge in [0.2, 0.25) is 0 Å². The zero-order chi connectivity index (χ0) is 19.7. The van der Waals surface area contributed by atoms with Crippen molar-refractivity contribution in [3.05, 3.63) is 50.4 Å². The van der Waals surface area contributed by atoms with E-state index in [9.17, 15) is 4.39 Å². The van der Waals surface area contributed by atoms with Crippen molar-refractivity contribution in [1.29, 1.82) is 0 Å². The van der Waals surface area contributed by atoms with Crippen molar-refractivity contribution in [2.24, 2.45) is 5.92 Å². The second-order valence-corrected chi connectivity index (χ2v) is 9.66. The summed E-state index contributed by atoms with van der Waals surface area (Å²) in [7, 11) is 0. The fourth-order valence-electron chi connectivity index (χ4n) is 3.69. The summed E-state index contributed by atoms with van der Waals surface area (Å²) in [6.07, 6.45) is 4.49.